The Morgan fingerprint density at radius 1 is 1.39 bits per heavy atom. The van der Waals surface area contributed by atoms with Crippen molar-refractivity contribution >= 4 is 27.7 Å². The van der Waals surface area contributed by atoms with E-state index in [1.807, 2.05) is 0 Å². The van der Waals surface area contributed by atoms with Crippen LogP contribution in [-0.4, -0.2) is 62.6 Å². The van der Waals surface area contributed by atoms with E-state index in [9.17, 15) is 18.1 Å². The molecule has 0 aliphatic carbocycles. The topological polar surface area (TPSA) is 99.2 Å². The molecule has 0 atom stereocenters. The smallest absolute Gasteiger partial charge is 0.336 e. The molecule has 0 fully saturated rings. The van der Waals surface area contributed by atoms with E-state index in [1.165, 1.54) is 14.1 Å². The summed E-state index contributed by atoms with van der Waals surface area (Å²) in [4.78, 5) is 21.6. The summed E-state index contributed by atoms with van der Waals surface area (Å²) in [6, 6.07) is -0.687. The summed E-state index contributed by atoms with van der Waals surface area (Å²) in [7, 11) is -0.396. The quantitative estimate of drug-likeness (QED) is 0.299. The highest BCUT2D eigenvalue weighted by atomic mass is 35.5. The maximum absolute atomic E-state index is 11.4. The number of alkyl halides is 1. The van der Waals surface area contributed by atoms with Crippen molar-refractivity contribution in [3.8, 4) is 0 Å². The molecular formula is C8H17ClN4O4S. The third-order valence-electron chi connectivity index (χ3n) is 2.04. The largest absolute Gasteiger partial charge is 0.340 e. The summed E-state index contributed by atoms with van der Waals surface area (Å²) in [6.45, 7) is 0.146. The molecule has 0 saturated carbocycles. The van der Waals surface area contributed by atoms with Crippen LogP contribution in [0.2, 0.25) is 0 Å². The Hall–Kier alpha value is -0.930. The maximum atomic E-state index is 11.4. The number of sulfonamides is 1. The fourth-order valence-electron chi connectivity index (χ4n) is 0.983. The first kappa shape index (κ1) is 17.1. The average Bonchev–Trinajstić information content (AvgIpc) is 2.31. The van der Waals surface area contributed by atoms with Gasteiger partial charge in [0.25, 0.3) is 0 Å². The van der Waals surface area contributed by atoms with Gasteiger partial charge in [-0.25, -0.2) is 17.5 Å². The van der Waals surface area contributed by atoms with Crippen LogP contribution in [0.4, 0.5) is 4.79 Å². The van der Waals surface area contributed by atoms with E-state index in [0.717, 1.165) is 4.31 Å². The van der Waals surface area contributed by atoms with Gasteiger partial charge in [-0.2, -0.15) is 5.01 Å². The second-order valence-electron chi connectivity index (χ2n) is 3.58. The van der Waals surface area contributed by atoms with Gasteiger partial charge in [0.2, 0.25) is 10.0 Å². The van der Waals surface area contributed by atoms with Crippen molar-refractivity contribution in [1.82, 2.24) is 14.6 Å². The van der Waals surface area contributed by atoms with Gasteiger partial charge in [0.1, 0.15) is 0 Å². The number of amides is 2. The van der Waals surface area contributed by atoms with Crippen LogP contribution in [0, 0.1) is 4.91 Å². The van der Waals surface area contributed by atoms with Crippen LogP contribution in [0.25, 0.3) is 0 Å². The van der Waals surface area contributed by atoms with Crippen molar-refractivity contribution in [1.29, 1.82) is 0 Å². The van der Waals surface area contributed by atoms with Crippen LogP contribution in [0.3, 0.4) is 0 Å². The van der Waals surface area contributed by atoms with Gasteiger partial charge in [-0.05, 0) is 6.42 Å². The molecule has 0 aromatic rings. The highest BCUT2D eigenvalue weighted by Gasteiger charge is 2.15. The fourth-order valence-corrected chi connectivity index (χ4v) is 2.02. The molecule has 0 aromatic carbocycles. The molecule has 0 aromatic heterocycles. The van der Waals surface area contributed by atoms with Crippen molar-refractivity contribution < 1.29 is 13.2 Å². The molecule has 0 radical (unpaired) electrons. The second kappa shape index (κ2) is 8.22. The van der Waals surface area contributed by atoms with Crippen LogP contribution >= 0.6 is 11.6 Å². The van der Waals surface area contributed by atoms with Gasteiger partial charge in [0.15, 0.2) is 0 Å². The van der Waals surface area contributed by atoms with Gasteiger partial charge in [0.05, 0.1) is 17.6 Å². The van der Waals surface area contributed by atoms with Gasteiger partial charge < -0.3 is 5.32 Å². The molecule has 0 heterocycles. The molecule has 0 bridgehead atoms. The number of nitrogens with one attached hydrogen (secondary N) is 1. The lowest BCUT2D eigenvalue weighted by molar-refractivity contribution is 0.202. The number of urea groups is 1. The molecule has 8 nitrogen and oxygen atoms in total. The Labute approximate surface area is 111 Å². The molecular weight excluding hydrogens is 284 g/mol. The van der Waals surface area contributed by atoms with E-state index in [4.69, 9.17) is 11.6 Å². The van der Waals surface area contributed by atoms with Gasteiger partial charge in [-0.1, -0.05) is 0 Å². The van der Waals surface area contributed by atoms with Gasteiger partial charge in [-0.15, -0.1) is 16.5 Å². The first-order chi connectivity index (χ1) is 8.35. The number of carbonyl (C=O) groups excluding carboxylic acids is 1. The molecule has 106 valence electrons. The molecule has 0 rings (SSSR count). The minimum atomic E-state index is -3.27. The van der Waals surface area contributed by atoms with E-state index in [-0.39, 0.29) is 31.1 Å². The van der Waals surface area contributed by atoms with Crippen LogP contribution in [0.5, 0.6) is 0 Å². The third kappa shape index (κ3) is 6.12. The van der Waals surface area contributed by atoms with E-state index in [2.05, 4.69) is 10.6 Å². The van der Waals surface area contributed by atoms with Crippen LogP contribution < -0.4 is 5.32 Å². The summed E-state index contributed by atoms with van der Waals surface area (Å²) in [6.07, 6.45) is 0.250. The van der Waals surface area contributed by atoms with Crippen molar-refractivity contribution in [3.63, 3.8) is 0 Å². The second-order valence-corrected chi connectivity index (χ2v) is 6.26. The number of halogens is 1. The van der Waals surface area contributed by atoms with Crippen molar-refractivity contribution in [2.45, 2.75) is 6.42 Å². The molecule has 0 spiro atoms. The highest BCUT2D eigenvalue weighted by Crippen LogP contribution is 1.97. The molecule has 1 N–H and O–H groups in total. The van der Waals surface area contributed by atoms with Gasteiger partial charge in [-0.3, -0.25) is 0 Å². The van der Waals surface area contributed by atoms with Crippen LogP contribution in [-0.2, 0) is 10.0 Å². The molecule has 0 aliphatic rings. The molecule has 2 amide bonds. The Kier molecular flexibility index (Phi) is 7.80. The minimum Gasteiger partial charge on any atom is -0.336 e. The van der Waals surface area contributed by atoms with E-state index in [1.54, 1.807) is 0 Å². The highest BCUT2D eigenvalue weighted by molar-refractivity contribution is 7.89. The number of hydrogen-bond donors (Lipinski definition) is 1. The molecule has 18 heavy (non-hydrogen) atoms. The average molecular weight is 301 g/mol. The zero-order valence-electron chi connectivity index (χ0n) is 10.3. The zero-order chi connectivity index (χ0) is 14.2. The lowest BCUT2D eigenvalue weighted by Crippen LogP contribution is -2.38. The number of nitroso groups, excluding NO2 is 1. The third-order valence-corrected chi connectivity index (χ3v) is 4.13. The molecule has 0 saturated heterocycles. The summed E-state index contributed by atoms with van der Waals surface area (Å²) >= 11 is 5.37. The summed E-state index contributed by atoms with van der Waals surface area (Å²) < 4.78 is 23.9. The standard InChI is InChI=1S/C8H17ClN4O4S/c1-12(2)18(16,17)7-3-5-10-8(14)13(11-15)6-4-9/h3-7H2,1-2H3,(H,10,14). The lowest BCUT2D eigenvalue weighted by Gasteiger charge is -2.14. The van der Waals surface area contributed by atoms with Crippen molar-refractivity contribution in [3.05, 3.63) is 4.91 Å². The summed E-state index contributed by atoms with van der Waals surface area (Å²) in [5.74, 6) is 0.0124. The Balaban J connectivity index is 3.99. The van der Waals surface area contributed by atoms with Crippen molar-refractivity contribution in [2.24, 2.45) is 5.29 Å². The van der Waals surface area contributed by atoms with E-state index < -0.39 is 16.1 Å². The molecule has 10 heteroatoms. The number of carbonyl (C=O) groups is 1. The molecule has 0 unspecified atom stereocenters. The minimum absolute atomic E-state index is 0.00683. The Morgan fingerprint density at radius 2 is 2.00 bits per heavy atom. The van der Waals surface area contributed by atoms with Crippen LogP contribution in [0.15, 0.2) is 5.29 Å². The maximum Gasteiger partial charge on any atom is 0.340 e. The fraction of sp³-hybridized carbons (Fsp3) is 0.875. The first-order valence-electron chi connectivity index (χ1n) is 5.20. The predicted molar refractivity (Wildman–Crippen MR) is 68.7 cm³/mol. The number of nitrogens with zero attached hydrogens (tertiary/aromatic N) is 3. The molecule has 0 aliphatic heterocycles. The summed E-state index contributed by atoms with van der Waals surface area (Å²) in [5.41, 5.74) is 0. The zero-order valence-corrected chi connectivity index (χ0v) is 11.9. The summed E-state index contributed by atoms with van der Waals surface area (Å²) in [5, 5.41) is 5.52. The Bertz CT molecular complexity index is 373. The number of rotatable bonds is 8. The Morgan fingerprint density at radius 3 is 2.44 bits per heavy atom. The van der Waals surface area contributed by atoms with Crippen molar-refractivity contribution in [2.75, 3.05) is 38.8 Å². The normalized spacial score (nSPS) is 11.3. The number of hydrogen-bond acceptors (Lipinski definition) is 5. The monoisotopic (exact) mass is 300 g/mol. The van der Waals surface area contributed by atoms with Gasteiger partial charge >= 0.3 is 6.03 Å². The SMILES string of the molecule is CN(C)S(=O)(=O)CCCNC(=O)N(CCCl)N=O. The van der Waals surface area contributed by atoms with E-state index in [0.29, 0.717) is 5.01 Å². The van der Waals surface area contributed by atoms with Gasteiger partial charge in [0, 0.05) is 26.5 Å². The van der Waals surface area contributed by atoms with E-state index >= 15 is 0 Å². The predicted octanol–water partition coefficient (Wildman–Crippen LogP) is 0.200. The lowest BCUT2D eigenvalue weighted by atomic mass is 10.5. The van der Waals surface area contributed by atoms with Crippen LogP contribution in [0.1, 0.15) is 6.42 Å². The first-order valence-corrected chi connectivity index (χ1v) is 7.34.